The van der Waals surface area contributed by atoms with E-state index < -0.39 is 12.8 Å². The number of benzene rings is 1. The van der Waals surface area contributed by atoms with Crippen molar-refractivity contribution in [2.45, 2.75) is 25.9 Å². The fourth-order valence-corrected chi connectivity index (χ4v) is 2.07. The lowest BCUT2D eigenvalue weighted by Crippen LogP contribution is -2.36. The van der Waals surface area contributed by atoms with Gasteiger partial charge in [0.25, 0.3) is 0 Å². The van der Waals surface area contributed by atoms with E-state index in [2.05, 4.69) is 30.6 Å². The van der Waals surface area contributed by atoms with Gasteiger partial charge in [0.15, 0.2) is 11.8 Å². The molecule has 150 valence electrons. The van der Waals surface area contributed by atoms with E-state index >= 15 is 0 Å². The van der Waals surface area contributed by atoms with Gasteiger partial charge >= 0.3 is 6.18 Å². The van der Waals surface area contributed by atoms with E-state index in [1.165, 1.54) is 0 Å². The predicted octanol–water partition coefficient (Wildman–Crippen LogP) is 2.38. The molecule has 0 aliphatic heterocycles. The molecule has 0 saturated carbocycles. The number of alkyl halides is 3. The normalized spacial score (nSPS) is 11.8. The molecule has 1 heterocycles. The van der Waals surface area contributed by atoms with Crippen molar-refractivity contribution in [1.82, 2.24) is 25.4 Å². The van der Waals surface area contributed by atoms with Gasteiger partial charge in [-0.3, -0.25) is 4.99 Å². The second-order valence-electron chi connectivity index (χ2n) is 5.56. The molecule has 0 bridgehead atoms. The summed E-state index contributed by atoms with van der Waals surface area (Å²) >= 11 is 0. The molecule has 0 fully saturated rings. The molecule has 2 aromatic rings. The Bertz CT molecular complexity index is 718. The molecule has 0 amide bonds. The van der Waals surface area contributed by atoms with Crippen molar-refractivity contribution in [3.05, 3.63) is 47.5 Å². The Morgan fingerprint density at radius 3 is 2.33 bits per heavy atom. The molecule has 1 aromatic carbocycles. The molecular weight excluding hydrogens is 476 g/mol. The fourth-order valence-electron chi connectivity index (χ4n) is 2.07. The number of aromatic nitrogens is 3. The zero-order valence-electron chi connectivity index (χ0n) is 15.0. The number of aryl methyl sites for hydroxylation is 1. The molecule has 1 aromatic heterocycles. The average Bonchev–Trinajstić information content (AvgIpc) is 3.00. The molecule has 0 saturated heterocycles. The third kappa shape index (κ3) is 8.56. The van der Waals surface area contributed by atoms with Crippen molar-refractivity contribution in [2.24, 2.45) is 12.0 Å². The minimum absolute atomic E-state index is 0. The first-order valence-electron chi connectivity index (χ1n) is 7.87. The Balaban J connectivity index is 0.00000364. The Morgan fingerprint density at radius 1 is 1.15 bits per heavy atom. The summed E-state index contributed by atoms with van der Waals surface area (Å²) in [6.07, 6.45) is -2.69. The van der Waals surface area contributed by atoms with Crippen LogP contribution >= 0.6 is 24.0 Å². The highest BCUT2D eigenvalue weighted by atomic mass is 127. The van der Waals surface area contributed by atoms with Gasteiger partial charge in [0, 0.05) is 20.6 Å². The van der Waals surface area contributed by atoms with Gasteiger partial charge in [-0.05, 0) is 11.1 Å². The third-order valence-corrected chi connectivity index (χ3v) is 3.46. The largest absolute Gasteiger partial charge is 0.411 e. The van der Waals surface area contributed by atoms with Crippen molar-refractivity contribution >= 4 is 29.9 Å². The van der Waals surface area contributed by atoms with Crippen molar-refractivity contribution < 1.29 is 17.9 Å². The van der Waals surface area contributed by atoms with Crippen LogP contribution in [0.25, 0.3) is 0 Å². The van der Waals surface area contributed by atoms with Crippen LogP contribution in [0, 0.1) is 0 Å². The molecule has 2 rings (SSSR count). The Kier molecular flexibility index (Phi) is 9.49. The van der Waals surface area contributed by atoms with Gasteiger partial charge in [0.1, 0.15) is 12.9 Å². The summed E-state index contributed by atoms with van der Waals surface area (Å²) in [6, 6.07) is 7.14. The van der Waals surface area contributed by atoms with Crippen LogP contribution in [0.15, 0.2) is 35.6 Å². The molecule has 0 unspecified atom stereocenters. The number of rotatable bonds is 7. The molecule has 0 atom stereocenters. The lowest BCUT2D eigenvalue weighted by molar-refractivity contribution is -0.176. The summed E-state index contributed by atoms with van der Waals surface area (Å²) < 4.78 is 42.6. The SMILES string of the molecule is CN=C(NCc1ccc(COCC(F)(F)F)cc1)NCc1nncn1C.I. The van der Waals surface area contributed by atoms with Gasteiger partial charge in [0.05, 0.1) is 13.2 Å². The van der Waals surface area contributed by atoms with E-state index in [0.29, 0.717) is 24.6 Å². The van der Waals surface area contributed by atoms with E-state index in [9.17, 15) is 13.2 Å². The number of ether oxygens (including phenoxy) is 1. The van der Waals surface area contributed by atoms with Crippen LogP contribution in [0.4, 0.5) is 13.2 Å². The van der Waals surface area contributed by atoms with E-state index in [4.69, 9.17) is 0 Å². The van der Waals surface area contributed by atoms with Crippen molar-refractivity contribution in [2.75, 3.05) is 13.7 Å². The molecule has 0 aliphatic rings. The Labute approximate surface area is 172 Å². The summed E-state index contributed by atoms with van der Waals surface area (Å²) in [5.74, 6) is 1.38. The number of aliphatic imine (C=N–C) groups is 1. The number of hydrogen-bond donors (Lipinski definition) is 2. The van der Waals surface area contributed by atoms with E-state index in [0.717, 1.165) is 11.4 Å². The number of halogens is 4. The summed E-state index contributed by atoms with van der Waals surface area (Å²) in [5.41, 5.74) is 1.65. The van der Waals surface area contributed by atoms with E-state index in [1.807, 2.05) is 19.2 Å². The number of nitrogens with zero attached hydrogens (tertiary/aromatic N) is 4. The molecule has 27 heavy (non-hydrogen) atoms. The van der Waals surface area contributed by atoms with Gasteiger partial charge in [-0.25, -0.2) is 0 Å². The van der Waals surface area contributed by atoms with Crippen molar-refractivity contribution in [3.63, 3.8) is 0 Å². The van der Waals surface area contributed by atoms with Crippen LogP contribution in [0.1, 0.15) is 17.0 Å². The predicted molar refractivity (Wildman–Crippen MR) is 106 cm³/mol. The quantitative estimate of drug-likeness (QED) is 0.349. The zero-order valence-corrected chi connectivity index (χ0v) is 17.3. The summed E-state index contributed by atoms with van der Waals surface area (Å²) in [6.45, 7) is -0.328. The van der Waals surface area contributed by atoms with Gasteiger partial charge in [-0.2, -0.15) is 13.2 Å². The minimum atomic E-state index is -4.31. The molecule has 0 radical (unpaired) electrons. The second-order valence-corrected chi connectivity index (χ2v) is 5.56. The van der Waals surface area contributed by atoms with E-state index in [1.54, 1.807) is 30.1 Å². The van der Waals surface area contributed by atoms with Gasteiger partial charge < -0.3 is 19.9 Å². The summed E-state index contributed by atoms with van der Waals surface area (Å²) in [5, 5.41) is 14.1. The van der Waals surface area contributed by atoms with Crippen molar-refractivity contribution in [1.29, 1.82) is 0 Å². The minimum Gasteiger partial charge on any atom is -0.367 e. The van der Waals surface area contributed by atoms with Crippen LogP contribution in [-0.2, 0) is 31.5 Å². The molecule has 2 N–H and O–H groups in total. The maximum absolute atomic E-state index is 12.0. The highest BCUT2D eigenvalue weighted by molar-refractivity contribution is 14.0. The maximum Gasteiger partial charge on any atom is 0.411 e. The monoisotopic (exact) mass is 498 g/mol. The molecule has 11 heteroatoms. The molecule has 7 nitrogen and oxygen atoms in total. The third-order valence-electron chi connectivity index (χ3n) is 3.46. The average molecular weight is 498 g/mol. The maximum atomic E-state index is 12.0. The number of nitrogens with one attached hydrogen (secondary N) is 2. The van der Waals surface area contributed by atoms with Crippen LogP contribution in [-0.4, -0.2) is 40.6 Å². The first kappa shape index (κ1) is 23.1. The van der Waals surface area contributed by atoms with Gasteiger partial charge in [-0.1, -0.05) is 24.3 Å². The topological polar surface area (TPSA) is 76.4 Å². The van der Waals surface area contributed by atoms with Gasteiger partial charge in [-0.15, -0.1) is 34.2 Å². The van der Waals surface area contributed by atoms with Crippen LogP contribution in [0.5, 0.6) is 0 Å². The lowest BCUT2D eigenvalue weighted by atomic mass is 10.1. The molecule has 0 aliphatic carbocycles. The standard InChI is InChI=1S/C16H21F3N6O.HI/c1-20-15(22-8-14-24-23-11-25(14)2)21-7-12-3-5-13(6-4-12)9-26-10-16(17,18)19;/h3-6,11H,7-10H2,1-2H3,(H2,20,21,22);1H. The number of guanidine groups is 1. The van der Waals surface area contributed by atoms with Crippen molar-refractivity contribution in [3.8, 4) is 0 Å². The first-order chi connectivity index (χ1) is 12.4. The second kappa shape index (κ2) is 11.1. The highest BCUT2D eigenvalue weighted by Crippen LogP contribution is 2.15. The highest BCUT2D eigenvalue weighted by Gasteiger charge is 2.27. The van der Waals surface area contributed by atoms with E-state index in [-0.39, 0.29) is 30.6 Å². The molecule has 0 spiro atoms. The smallest absolute Gasteiger partial charge is 0.367 e. The lowest BCUT2D eigenvalue weighted by Gasteiger charge is -2.12. The van der Waals surface area contributed by atoms with Crippen LogP contribution in [0.3, 0.4) is 0 Å². The van der Waals surface area contributed by atoms with Gasteiger partial charge in [0.2, 0.25) is 0 Å². The molecular formula is C16H22F3IN6O. The van der Waals surface area contributed by atoms with Crippen LogP contribution < -0.4 is 10.6 Å². The first-order valence-corrected chi connectivity index (χ1v) is 7.87. The summed E-state index contributed by atoms with van der Waals surface area (Å²) in [4.78, 5) is 4.12. The van der Waals surface area contributed by atoms with Crippen LogP contribution in [0.2, 0.25) is 0 Å². The summed E-state index contributed by atoms with van der Waals surface area (Å²) in [7, 11) is 3.51. The Morgan fingerprint density at radius 2 is 1.78 bits per heavy atom. The number of hydrogen-bond acceptors (Lipinski definition) is 4. The Hall–Kier alpha value is -1.89. The zero-order chi connectivity index (χ0) is 19.0. The fraction of sp³-hybridized carbons (Fsp3) is 0.438.